The van der Waals surface area contributed by atoms with Gasteiger partial charge in [-0.25, -0.2) is 0 Å². The molecule has 1 heterocycles. The van der Waals surface area contributed by atoms with E-state index in [1.807, 2.05) is 37.3 Å². The summed E-state index contributed by atoms with van der Waals surface area (Å²) >= 11 is 1.42. The van der Waals surface area contributed by atoms with Gasteiger partial charge in [0.2, 0.25) is 5.91 Å². The lowest BCUT2D eigenvalue weighted by molar-refractivity contribution is -0.119. The van der Waals surface area contributed by atoms with E-state index < -0.39 is 0 Å². The first-order valence-corrected chi connectivity index (χ1v) is 11.3. The summed E-state index contributed by atoms with van der Waals surface area (Å²) in [5.74, 6) is 1.12. The van der Waals surface area contributed by atoms with E-state index in [9.17, 15) is 4.79 Å². The Hall–Kier alpha value is -2.60. The van der Waals surface area contributed by atoms with Gasteiger partial charge in [0.05, 0.1) is 11.8 Å². The van der Waals surface area contributed by atoms with Gasteiger partial charge in [-0.15, -0.1) is 10.2 Å². The normalized spacial score (nSPS) is 12.6. The topological polar surface area (TPSA) is 59.8 Å². The maximum atomic E-state index is 12.4. The molecule has 1 aromatic heterocycles. The Bertz CT molecular complexity index is 975. The number of aromatic nitrogens is 3. The molecule has 0 aliphatic rings. The van der Waals surface area contributed by atoms with Crippen molar-refractivity contribution in [3.05, 3.63) is 65.7 Å². The molecule has 5 nitrogen and oxygen atoms in total. The standard InChI is InChI=1S/C24H30N4OS/c1-6-28-22(19-12-14-20(15-13-19)24(3,4)5)26-27-23(28)30-16-21(29)25-17(2)18-10-8-7-9-11-18/h7-15,17H,6,16H2,1-5H3,(H,25,29). The molecule has 30 heavy (non-hydrogen) atoms. The fourth-order valence-corrected chi connectivity index (χ4v) is 4.07. The van der Waals surface area contributed by atoms with E-state index in [1.54, 1.807) is 0 Å². The van der Waals surface area contributed by atoms with Crippen LogP contribution in [0.15, 0.2) is 59.8 Å². The highest BCUT2D eigenvalue weighted by atomic mass is 32.2. The fourth-order valence-electron chi connectivity index (χ4n) is 3.25. The minimum Gasteiger partial charge on any atom is -0.349 e. The first kappa shape index (κ1) is 22.1. The van der Waals surface area contributed by atoms with Gasteiger partial charge in [0.15, 0.2) is 11.0 Å². The van der Waals surface area contributed by atoms with Crippen molar-refractivity contribution >= 4 is 17.7 Å². The lowest BCUT2D eigenvalue weighted by Gasteiger charge is -2.19. The zero-order valence-electron chi connectivity index (χ0n) is 18.3. The van der Waals surface area contributed by atoms with E-state index in [0.717, 1.165) is 28.7 Å². The first-order valence-electron chi connectivity index (χ1n) is 10.3. The third-order valence-electron chi connectivity index (χ3n) is 5.05. The highest BCUT2D eigenvalue weighted by molar-refractivity contribution is 7.99. The number of hydrogen-bond acceptors (Lipinski definition) is 4. The predicted molar refractivity (Wildman–Crippen MR) is 124 cm³/mol. The summed E-state index contributed by atoms with van der Waals surface area (Å²) in [5, 5.41) is 12.5. The lowest BCUT2D eigenvalue weighted by atomic mass is 9.87. The molecule has 3 aromatic rings. The number of carbonyl (C=O) groups is 1. The molecule has 0 fully saturated rings. The molecular weight excluding hydrogens is 392 g/mol. The quantitative estimate of drug-likeness (QED) is 0.530. The van der Waals surface area contributed by atoms with Gasteiger partial charge in [-0.2, -0.15) is 0 Å². The van der Waals surface area contributed by atoms with Gasteiger partial charge < -0.3 is 9.88 Å². The van der Waals surface area contributed by atoms with Gasteiger partial charge >= 0.3 is 0 Å². The Morgan fingerprint density at radius 1 is 1.07 bits per heavy atom. The van der Waals surface area contributed by atoms with Crippen molar-refractivity contribution in [1.29, 1.82) is 0 Å². The van der Waals surface area contributed by atoms with Crippen molar-refractivity contribution in [2.45, 2.75) is 57.8 Å². The molecule has 0 bridgehead atoms. The van der Waals surface area contributed by atoms with Crippen LogP contribution in [-0.2, 0) is 16.8 Å². The van der Waals surface area contributed by atoms with Gasteiger partial charge in [-0.1, -0.05) is 87.1 Å². The van der Waals surface area contributed by atoms with Crippen LogP contribution in [0.2, 0.25) is 0 Å². The number of hydrogen-bond donors (Lipinski definition) is 1. The summed E-state index contributed by atoms with van der Waals surface area (Å²) < 4.78 is 2.06. The van der Waals surface area contributed by atoms with E-state index in [-0.39, 0.29) is 17.4 Å². The zero-order valence-corrected chi connectivity index (χ0v) is 19.2. The number of thioether (sulfide) groups is 1. The molecule has 0 aliphatic carbocycles. The molecule has 1 atom stereocenters. The maximum absolute atomic E-state index is 12.4. The average molecular weight is 423 g/mol. The SMILES string of the molecule is CCn1c(SCC(=O)NC(C)c2ccccc2)nnc1-c1ccc(C(C)(C)C)cc1. The Morgan fingerprint density at radius 2 is 1.73 bits per heavy atom. The van der Waals surface area contributed by atoms with E-state index in [1.165, 1.54) is 17.3 Å². The first-order chi connectivity index (χ1) is 14.3. The molecular formula is C24H30N4OS. The molecule has 0 saturated carbocycles. The van der Waals surface area contributed by atoms with Gasteiger partial charge in [0, 0.05) is 12.1 Å². The largest absolute Gasteiger partial charge is 0.349 e. The van der Waals surface area contributed by atoms with Gasteiger partial charge in [0.1, 0.15) is 0 Å². The third-order valence-corrected chi connectivity index (χ3v) is 6.02. The van der Waals surface area contributed by atoms with Crippen LogP contribution in [0.1, 0.15) is 51.8 Å². The van der Waals surface area contributed by atoms with Crippen LogP contribution in [0.3, 0.4) is 0 Å². The molecule has 0 spiro atoms. The number of nitrogens with zero attached hydrogens (tertiary/aromatic N) is 3. The summed E-state index contributed by atoms with van der Waals surface area (Å²) in [7, 11) is 0. The summed E-state index contributed by atoms with van der Waals surface area (Å²) in [6.07, 6.45) is 0. The van der Waals surface area contributed by atoms with Crippen molar-refractivity contribution in [3.63, 3.8) is 0 Å². The highest BCUT2D eigenvalue weighted by Crippen LogP contribution is 2.27. The summed E-state index contributed by atoms with van der Waals surface area (Å²) in [6.45, 7) is 11.4. The third kappa shape index (κ3) is 5.30. The minimum absolute atomic E-state index is 0.0157. The maximum Gasteiger partial charge on any atom is 0.230 e. The number of nitrogens with one attached hydrogen (secondary N) is 1. The van der Waals surface area contributed by atoms with Crippen molar-refractivity contribution in [1.82, 2.24) is 20.1 Å². The monoisotopic (exact) mass is 422 g/mol. The van der Waals surface area contributed by atoms with E-state index in [4.69, 9.17) is 0 Å². The van der Waals surface area contributed by atoms with E-state index in [0.29, 0.717) is 5.75 Å². The summed E-state index contributed by atoms with van der Waals surface area (Å²) in [6, 6.07) is 18.4. The second-order valence-electron chi connectivity index (χ2n) is 8.37. The van der Waals surface area contributed by atoms with Crippen LogP contribution < -0.4 is 5.32 Å². The Morgan fingerprint density at radius 3 is 2.33 bits per heavy atom. The molecule has 6 heteroatoms. The Balaban J connectivity index is 1.66. The van der Waals surface area contributed by atoms with Crippen LogP contribution in [-0.4, -0.2) is 26.4 Å². The van der Waals surface area contributed by atoms with Crippen LogP contribution >= 0.6 is 11.8 Å². The highest BCUT2D eigenvalue weighted by Gasteiger charge is 2.17. The Labute approximate surface area is 183 Å². The summed E-state index contributed by atoms with van der Waals surface area (Å²) in [4.78, 5) is 12.4. The van der Waals surface area contributed by atoms with Crippen LogP contribution in [0, 0.1) is 0 Å². The summed E-state index contributed by atoms with van der Waals surface area (Å²) in [5.41, 5.74) is 3.52. The van der Waals surface area contributed by atoms with Crippen molar-refractivity contribution in [2.24, 2.45) is 0 Å². The van der Waals surface area contributed by atoms with Crippen LogP contribution in [0.25, 0.3) is 11.4 Å². The smallest absolute Gasteiger partial charge is 0.230 e. The number of rotatable bonds is 7. The van der Waals surface area contributed by atoms with Crippen molar-refractivity contribution < 1.29 is 4.79 Å². The predicted octanol–water partition coefficient (Wildman–Crippen LogP) is 5.23. The molecule has 158 valence electrons. The van der Waals surface area contributed by atoms with Gasteiger partial charge in [0.25, 0.3) is 0 Å². The second-order valence-corrected chi connectivity index (χ2v) is 9.31. The fraction of sp³-hybridized carbons (Fsp3) is 0.375. The molecule has 3 rings (SSSR count). The average Bonchev–Trinajstić information content (AvgIpc) is 3.15. The number of benzene rings is 2. The minimum atomic E-state index is -0.0276. The van der Waals surface area contributed by atoms with Crippen LogP contribution in [0.4, 0.5) is 0 Å². The molecule has 0 radical (unpaired) electrons. The van der Waals surface area contributed by atoms with E-state index in [2.05, 4.69) is 72.0 Å². The van der Waals surface area contributed by atoms with Gasteiger partial charge in [-0.05, 0) is 30.4 Å². The molecule has 1 N–H and O–H groups in total. The lowest BCUT2D eigenvalue weighted by Crippen LogP contribution is -2.28. The molecule has 1 amide bonds. The Kier molecular flexibility index (Phi) is 6.98. The second kappa shape index (κ2) is 9.47. The molecule has 0 saturated heterocycles. The van der Waals surface area contributed by atoms with Crippen molar-refractivity contribution in [3.8, 4) is 11.4 Å². The molecule has 1 unspecified atom stereocenters. The number of amides is 1. The van der Waals surface area contributed by atoms with E-state index >= 15 is 0 Å². The number of carbonyl (C=O) groups excluding carboxylic acids is 1. The van der Waals surface area contributed by atoms with Crippen molar-refractivity contribution in [2.75, 3.05) is 5.75 Å². The van der Waals surface area contributed by atoms with Crippen LogP contribution in [0.5, 0.6) is 0 Å². The molecule has 0 aliphatic heterocycles. The van der Waals surface area contributed by atoms with Gasteiger partial charge in [-0.3, -0.25) is 4.79 Å². The zero-order chi connectivity index (χ0) is 21.7. The molecule has 2 aromatic carbocycles.